The van der Waals surface area contributed by atoms with Crippen LogP contribution >= 0.6 is 12.2 Å². The molecule has 0 aliphatic heterocycles. The van der Waals surface area contributed by atoms with E-state index in [-0.39, 0.29) is 5.91 Å². The van der Waals surface area contributed by atoms with Gasteiger partial charge in [0.05, 0.1) is 16.8 Å². The van der Waals surface area contributed by atoms with Crippen LogP contribution in [-0.2, 0) is 11.2 Å². The molecule has 1 rings (SSSR count). The summed E-state index contributed by atoms with van der Waals surface area (Å²) in [5.74, 6) is 0.752. The van der Waals surface area contributed by atoms with E-state index >= 15 is 0 Å². The molecule has 0 saturated carbocycles. The van der Waals surface area contributed by atoms with Crippen LogP contribution in [0.2, 0.25) is 0 Å². The largest absolute Gasteiger partial charge is 0.469 e. The monoisotopic (exact) mass is 268 g/mol. The van der Waals surface area contributed by atoms with Crippen LogP contribution in [0.5, 0.6) is 0 Å². The van der Waals surface area contributed by atoms with Crippen molar-refractivity contribution >= 4 is 23.1 Å². The Balaban J connectivity index is 2.54. The first-order valence-corrected chi connectivity index (χ1v) is 6.58. The Labute approximate surface area is 113 Å². The highest BCUT2D eigenvalue weighted by molar-refractivity contribution is 7.80. The predicted octanol–water partition coefficient (Wildman–Crippen LogP) is 2.17. The third-order valence-electron chi connectivity index (χ3n) is 3.24. The van der Waals surface area contributed by atoms with Crippen molar-refractivity contribution in [3.05, 3.63) is 24.2 Å². The lowest BCUT2D eigenvalue weighted by Gasteiger charge is -2.31. The van der Waals surface area contributed by atoms with Crippen molar-refractivity contribution in [3.63, 3.8) is 0 Å². The lowest BCUT2D eigenvalue weighted by atomic mass is 9.92. The molecule has 0 radical (unpaired) electrons. The summed E-state index contributed by atoms with van der Waals surface area (Å²) in [7, 11) is 0. The van der Waals surface area contributed by atoms with Crippen LogP contribution in [0, 0.1) is 0 Å². The molecule has 1 aromatic rings. The van der Waals surface area contributed by atoms with Gasteiger partial charge in [0.25, 0.3) is 0 Å². The fourth-order valence-corrected chi connectivity index (χ4v) is 2.20. The van der Waals surface area contributed by atoms with Crippen LogP contribution in [0.1, 0.15) is 38.9 Å². The standard InChI is InChI=1S/C13H20N2O2S/c1-3-13(4-2,12(14)18)15-11(16)8-7-10-6-5-9-17-10/h5-6,9H,3-4,7-8H2,1-2H3,(H2,14,18)(H,15,16). The van der Waals surface area contributed by atoms with E-state index in [2.05, 4.69) is 5.32 Å². The third-order valence-corrected chi connectivity index (χ3v) is 3.63. The SMILES string of the molecule is CCC(CC)(NC(=O)CCc1ccco1)C(N)=S. The molecule has 4 nitrogen and oxygen atoms in total. The Morgan fingerprint density at radius 2 is 2.17 bits per heavy atom. The Kier molecular flexibility index (Phi) is 5.34. The van der Waals surface area contributed by atoms with Crippen LogP contribution in [0.25, 0.3) is 0 Å². The quantitative estimate of drug-likeness (QED) is 0.744. The summed E-state index contributed by atoms with van der Waals surface area (Å²) in [6, 6.07) is 3.67. The van der Waals surface area contributed by atoms with Crippen LogP contribution in [0.15, 0.2) is 22.8 Å². The predicted molar refractivity (Wildman–Crippen MR) is 75.3 cm³/mol. The number of aryl methyl sites for hydroxylation is 1. The smallest absolute Gasteiger partial charge is 0.221 e. The van der Waals surface area contributed by atoms with Crippen molar-refractivity contribution < 1.29 is 9.21 Å². The molecule has 0 aliphatic rings. The molecular weight excluding hydrogens is 248 g/mol. The van der Waals surface area contributed by atoms with E-state index in [9.17, 15) is 4.79 Å². The number of nitrogens with one attached hydrogen (secondary N) is 1. The van der Waals surface area contributed by atoms with Gasteiger partial charge in [0, 0.05) is 12.8 Å². The molecule has 1 amide bonds. The minimum atomic E-state index is -0.560. The van der Waals surface area contributed by atoms with E-state index < -0.39 is 5.54 Å². The van der Waals surface area contributed by atoms with Crippen LogP contribution in [0.3, 0.4) is 0 Å². The summed E-state index contributed by atoms with van der Waals surface area (Å²) in [5, 5.41) is 2.94. The highest BCUT2D eigenvalue weighted by Gasteiger charge is 2.31. The molecule has 0 fully saturated rings. The van der Waals surface area contributed by atoms with E-state index in [1.54, 1.807) is 6.26 Å². The van der Waals surface area contributed by atoms with E-state index in [0.29, 0.717) is 30.7 Å². The number of hydrogen-bond donors (Lipinski definition) is 2. The first-order chi connectivity index (χ1) is 8.54. The molecule has 0 unspecified atom stereocenters. The number of carbonyl (C=O) groups is 1. The Hall–Kier alpha value is -1.36. The van der Waals surface area contributed by atoms with Gasteiger partial charge >= 0.3 is 0 Å². The zero-order chi connectivity index (χ0) is 13.6. The van der Waals surface area contributed by atoms with Gasteiger partial charge in [0.2, 0.25) is 5.91 Å². The van der Waals surface area contributed by atoms with E-state index in [1.165, 1.54) is 0 Å². The lowest BCUT2D eigenvalue weighted by Crippen LogP contribution is -2.56. The number of rotatable bonds is 7. The van der Waals surface area contributed by atoms with Crippen LogP contribution in [0.4, 0.5) is 0 Å². The normalized spacial score (nSPS) is 11.2. The number of furan rings is 1. The van der Waals surface area contributed by atoms with Crippen molar-refractivity contribution in [1.82, 2.24) is 5.32 Å². The average molecular weight is 268 g/mol. The van der Waals surface area contributed by atoms with Crippen LogP contribution in [-0.4, -0.2) is 16.4 Å². The number of amides is 1. The maximum absolute atomic E-state index is 11.9. The minimum Gasteiger partial charge on any atom is -0.469 e. The third kappa shape index (κ3) is 3.57. The van der Waals surface area contributed by atoms with Crippen molar-refractivity contribution in [1.29, 1.82) is 0 Å². The zero-order valence-electron chi connectivity index (χ0n) is 10.9. The highest BCUT2D eigenvalue weighted by Crippen LogP contribution is 2.16. The molecule has 0 spiro atoms. The van der Waals surface area contributed by atoms with Crippen molar-refractivity contribution in [3.8, 4) is 0 Å². The lowest BCUT2D eigenvalue weighted by molar-refractivity contribution is -0.122. The second-order valence-corrected chi connectivity index (χ2v) is 4.72. The Morgan fingerprint density at radius 1 is 1.50 bits per heavy atom. The Bertz CT molecular complexity index is 397. The minimum absolute atomic E-state index is 0.0529. The summed E-state index contributed by atoms with van der Waals surface area (Å²) in [6.45, 7) is 3.94. The topological polar surface area (TPSA) is 68.3 Å². The first-order valence-electron chi connectivity index (χ1n) is 6.17. The Morgan fingerprint density at radius 3 is 2.61 bits per heavy atom. The molecule has 0 saturated heterocycles. The first kappa shape index (κ1) is 14.7. The summed E-state index contributed by atoms with van der Waals surface area (Å²) >= 11 is 5.05. The van der Waals surface area contributed by atoms with Gasteiger partial charge < -0.3 is 15.5 Å². The maximum Gasteiger partial charge on any atom is 0.221 e. The maximum atomic E-state index is 11.9. The summed E-state index contributed by atoms with van der Waals surface area (Å²) in [6.07, 6.45) is 3.96. The fourth-order valence-electron chi connectivity index (χ4n) is 1.86. The van der Waals surface area contributed by atoms with Crippen molar-refractivity contribution in [2.45, 2.75) is 45.1 Å². The summed E-state index contributed by atoms with van der Waals surface area (Å²) < 4.78 is 5.18. The second-order valence-electron chi connectivity index (χ2n) is 4.28. The molecule has 0 bridgehead atoms. The molecule has 0 aliphatic carbocycles. The van der Waals surface area contributed by atoms with Gasteiger partial charge in [-0.05, 0) is 25.0 Å². The van der Waals surface area contributed by atoms with Crippen LogP contribution < -0.4 is 11.1 Å². The molecule has 1 aromatic heterocycles. The number of hydrogen-bond acceptors (Lipinski definition) is 3. The van der Waals surface area contributed by atoms with Crippen molar-refractivity contribution in [2.75, 3.05) is 0 Å². The molecule has 18 heavy (non-hydrogen) atoms. The highest BCUT2D eigenvalue weighted by atomic mass is 32.1. The molecule has 100 valence electrons. The average Bonchev–Trinajstić information content (AvgIpc) is 2.86. The van der Waals surface area contributed by atoms with Gasteiger partial charge in [-0.1, -0.05) is 26.1 Å². The van der Waals surface area contributed by atoms with Gasteiger partial charge in [-0.15, -0.1) is 0 Å². The van der Waals surface area contributed by atoms with Gasteiger partial charge in [-0.25, -0.2) is 0 Å². The second kappa shape index (κ2) is 6.54. The number of thiocarbonyl (C=S) groups is 1. The van der Waals surface area contributed by atoms with Gasteiger partial charge in [0.15, 0.2) is 0 Å². The number of nitrogens with two attached hydrogens (primary N) is 1. The summed E-state index contributed by atoms with van der Waals surface area (Å²) in [4.78, 5) is 12.3. The molecule has 3 N–H and O–H groups in total. The molecule has 1 heterocycles. The van der Waals surface area contributed by atoms with E-state index in [1.807, 2.05) is 26.0 Å². The molecule has 0 aromatic carbocycles. The van der Waals surface area contributed by atoms with E-state index in [4.69, 9.17) is 22.4 Å². The number of carbonyl (C=O) groups excluding carboxylic acids is 1. The zero-order valence-corrected chi connectivity index (χ0v) is 11.7. The molecule has 0 atom stereocenters. The van der Waals surface area contributed by atoms with Gasteiger partial charge in [-0.2, -0.15) is 0 Å². The van der Waals surface area contributed by atoms with Gasteiger partial charge in [-0.3, -0.25) is 4.79 Å². The fraction of sp³-hybridized carbons (Fsp3) is 0.538. The van der Waals surface area contributed by atoms with Gasteiger partial charge in [0.1, 0.15) is 5.76 Å². The molecule has 5 heteroatoms. The molecular formula is C13H20N2O2S. The van der Waals surface area contributed by atoms with E-state index in [0.717, 1.165) is 5.76 Å². The van der Waals surface area contributed by atoms with Crippen molar-refractivity contribution in [2.24, 2.45) is 5.73 Å². The summed E-state index contributed by atoms with van der Waals surface area (Å²) in [5.41, 5.74) is 5.17.